The topological polar surface area (TPSA) is 70.5 Å². The van der Waals surface area contributed by atoms with E-state index in [1.165, 1.54) is 0 Å². The van der Waals surface area contributed by atoms with Gasteiger partial charge in [-0.2, -0.15) is 79.0 Å². The Labute approximate surface area is 242 Å². The molecule has 0 aliphatic carbocycles. The highest BCUT2D eigenvalue weighted by Crippen LogP contribution is 2.54. The van der Waals surface area contributed by atoms with E-state index in [2.05, 4.69) is 9.47 Å². The molecular weight excluding hydrogens is 690 g/mol. The second kappa shape index (κ2) is 11.1. The first-order chi connectivity index (χ1) is 20.5. The van der Waals surface area contributed by atoms with Crippen molar-refractivity contribution in [3.8, 4) is 23.0 Å². The maximum Gasteiger partial charge on any atom is 0.421 e. The van der Waals surface area contributed by atoms with Crippen LogP contribution in [0, 0.1) is 0 Å². The molecule has 22 heteroatoms. The van der Waals surface area contributed by atoms with E-state index in [1.807, 2.05) is 0 Å². The Kier molecular flexibility index (Phi) is 8.74. The van der Waals surface area contributed by atoms with Crippen LogP contribution in [-0.4, -0.2) is 0 Å². The second-order valence-electron chi connectivity index (χ2n) is 8.84. The molecule has 0 saturated carbocycles. The first-order valence-electron chi connectivity index (χ1n) is 11.3. The van der Waals surface area contributed by atoms with Crippen molar-refractivity contribution in [2.75, 3.05) is 11.5 Å². The number of benzene rings is 3. The predicted molar refractivity (Wildman–Crippen MR) is 118 cm³/mol. The molecule has 0 saturated heterocycles. The molecule has 0 aliphatic heterocycles. The zero-order valence-corrected chi connectivity index (χ0v) is 21.2. The summed E-state index contributed by atoms with van der Waals surface area (Å²) >= 11 is 0. The monoisotopic (exact) mass is 700 g/mol. The smallest absolute Gasteiger partial charge is 0.421 e. The van der Waals surface area contributed by atoms with Crippen molar-refractivity contribution in [1.29, 1.82) is 0 Å². The van der Waals surface area contributed by atoms with Gasteiger partial charge in [0.05, 0.1) is 33.6 Å². The highest BCUT2D eigenvalue weighted by atomic mass is 19.4. The van der Waals surface area contributed by atoms with Crippen LogP contribution in [0.4, 0.5) is 90.4 Å². The van der Waals surface area contributed by atoms with Crippen LogP contribution in [-0.2, 0) is 37.1 Å². The van der Waals surface area contributed by atoms with Crippen molar-refractivity contribution in [2.24, 2.45) is 0 Å². The van der Waals surface area contributed by atoms with Crippen LogP contribution in [0.5, 0.6) is 23.0 Å². The van der Waals surface area contributed by atoms with Crippen molar-refractivity contribution >= 4 is 11.4 Å². The number of hydrogen-bond donors (Lipinski definition) is 2. The van der Waals surface area contributed by atoms with Gasteiger partial charge in [-0.3, -0.25) is 0 Å². The Hall–Kier alpha value is -4.40. The van der Waals surface area contributed by atoms with Crippen LogP contribution in [0.1, 0.15) is 33.4 Å². The molecule has 0 amide bonds. The molecule has 0 unspecified atom stereocenters. The average molecular weight is 700 g/mol. The Morgan fingerprint density at radius 1 is 0.391 bits per heavy atom. The van der Waals surface area contributed by atoms with E-state index in [4.69, 9.17) is 11.5 Å². The van der Waals surface area contributed by atoms with Gasteiger partial charge in [0, 0.05) is 6.07 Å². The summed E-state index contributed by atoms with van der Waals surface area (Å²) in [7, 11) is 0. The molecule has 0 aromatic heterocycles. The zero-order chi connectivity index (χ0) is 35.6. The minimum atomic E-state index is -6.09. The molecule has 3 aromatic rings. The fourth-order valence-electron chi connectivity index (χ4n) is 4.02. The van der Waals surface area contributed by atoms with Crippen molar-refractivity contribution < 1.29 is 88.5 Å². The summed E-state index contributed by atoms with van der Waals surface area (Å²) in [6.45, 7) is 0. The summed E-state index contributed by atoms with van der Waals surface area (Å²) < 4.78 is 252. The van der Waals surface area contributed by atoms with Crippen molar-refractivity contribution in [3.63, 3.8) is 0 Å². The maximum absolute atomic E-state index is 13.7. The van der Waals surface area contributed by atoms with Gasteiger partial charge < -0.3 is 20.9 Å². The molecule has 3 rings (SSSR count). The molecule has 0 spiro atoms. The van der Waals surface area contributed by atoms with Gasteiger partial charge in [0.2, 0.25) is 0 Å². The summed E-state index contributed by atoms with van der Waals surface area (Å²) in [5.41, 5.74) is -11.7. The Morgan fingerprint density at radius 3 is 0.913 bits per heavy atom. The standard InChI is InChI=1S/C24H10F18N2O2/c25-19(26,27)9-5-11(15(23(37,38)39)17(43)13(9)21(31,32)33)45-7-2-1-3-8(4-7)46-12-6-10(20(28,29)30)14(22(34,35)36)18(44)16(12)24(40,41)42/h1-6H,43-44H2. The van der Waals surface area contributed by atoms with Gasteiger partial charge >= 0.3 is 37.1 Å². The molecular formula is C24H10F18N2O2. The van der Waals surface area contributed by atoms with Gasteiger partial charge in [0.1, 0.15) is 34.1 Å². The third-order valence-electron chi connectivity index (χ3n) is 5.67. The largest absolute Gasteiger partial charge is 0.456 e. The molecule has 4 nitrogen and oxygen atoms in total. The van der Waals surface area contributed by atoms with Crippen molar-refractivity contribution in [3.05, 3.63) is 69.8 Å². The lowest BCUT2D eigenvalue weighted by Crippen LogP contribution is -2.23. The first kappa shape index (κ1) is 36.1. The SMILES string of the molecule is Nc1c(C(F)(F)F)c(Oc2cccc(Oc3cc(C(F)(F)F)c(C(F)(F)F)c(N)c3C(F)(F)F)c2)cc(C(F)(F)F)c1C(F)(F)F. The molecule has 0 bridgehead atoms. The number of nitrogens with two attached hydrogens (primary N) is 2. The summed E-state index contributed by atoms with van der Waals surface area (Å²) in [5.74, 6) is -6.31. The summed E-state index contributed by atoms with van der Waals surface area (Å²) in [5, 5.41) is 0. The fourth-order valence-corrected chi connectivity index (χ4v) is 4.02. The molecule has 46 heavy (non-hydrogen) atoms. The van der Waals surface area contributed by atoms with Crippen LogP contribution in [0.2, 0.25) is 0 Å². The van der Waals surface area contributed by atoms with E-state index in [0.717, 1.165) is 0 Å². The maximum atomic E-state index is 13.7. The Bertz CT molecular complexity index is 1510. The van der Waals surface area contributed by atoms with Gasteiger partial charge in [-0.1, -0.05) is 6.07 Å². The van der Waals surface area contributed by atoms with E-state index in [1.54, 1.807) is 0 Å². The number of hydrogen-bond acceptors (Lipinski definition) is 4. The van der Waals surface area contributed by atoms with Gasteiger partial charge in [-0.25, -0.2) is 0 Å². The zero-order valence-electron chi connectivity index (χ0n) is 21.2. The molecule has 0 atom stereocenters. The predicted octanol–water partition coefficient (Wildman–Crippen LogP) is 10.5. The van der Waals surface area contributed by atoms with Crippen molar-refractivity contribution in [2.45, 2.75) is 37.1 Å². The number of ether oxygens (including phenoxy) is 2. The third-order valence-corrected chi connectivity index (χ3v) is 5.67. The quantitative estimate of drug-likeness (QED) is 0.210. The van der Waals surface area contributed by atoms with Crippen molar-refractivity contribution in [1.82, 2.24) is 0 Å². The van der Waals surface area contributed by atoms with E-state index >= 15 is 0 Å². The van der Waals surface area contributed by atoms with Gasteiger partial charge in [0.15, 0.2) is 0 Å². The van der Waals surface area contributed by atoms with E-state index in [0.29, 0.717) is 18.2 Å². The molecule has 0 heterocycles. The molecule has 254 valence electrons. The van der Waals surface area contributed by atoms with Gasteiger partial charge in [0.25, 0.3) is 0 Å². The Balaban J connectivity index is 2.25. The third kappa shape index (κ3) is 7.35. The average Bonchev–Trinajstić information content (AvgIpc) is 2.79. The van der Waals surface area contributed by atoms with Crippen LogP contribution < -0.4 is 20.9 Å². The minimum Gasteiger partial charge on any atom is -0.456 e. The van der Waals surface area contributed by atoms with E-state index in [9.17, 15) is 79.0 Å². The Morgan fingerprint density at radius 2 is 0.674 bits per heavy atom. The number of halogens is 18. The fraction of sp³-hybridized carbons (Fsp3) is 0.250. The van der Waals surface area contributed by atoms with E-state index in [-0.39, 0.29) is 6.07 Å². The summed E-state index contributed by atoms with van der Waals surface area (Å²) in [6.07, 6.45) is -36.0. The molecule has 4 N–H and O–H groups in total. The van der Waals surface area contributed by atoms with Crippen LogP contribution in [0.15, 0.2) is 36.4 Å². The normalized spacial score (nSPS) is 13.6. The number of rotatable bonds is 4. The molecule has 0 fully saturated rings. The minimum absolute atomic E-state index is 0.225. The second-order valence-corrected chi connectivity index (χ2v) is 8.84. The lowest BCUT2D eigenvalue weighted by Gasteiger charge is -2.24. The highest BCUT2D eigenvalue weighted by Gasteiger charge is 2.51. The number of alkyl halides is 18. The van der Waals surface area contributed by atoms with E-state index < -0.39 is 117 Å². The number of nitrogen functional groups attached to an aromatic ring is 2. The first-order valence-corrected chi connectivity index (χ1v) is 11.3. The summed E-state index contributed by atoms with van der Waals surface area (Å²) in [4.78, 5) is 0. The highest BCUT2D eigenvalue weighted by molar-refractivity contribution is 5.68. The van der Waals surface area contributed by atoms with Gasteiger partial charge in [-0.05, 0) is 24.3 Å². The molecule has 0 aliphatic rings. The molecule has 3 aromatic carbocycles. The lowest BCUT2D eigenvalue weighted by molar-refractivity contribution is -0.163. The van der Waals surface area contributed by atoms with Crippen LogP contribution >= 0.6 is 0 Å². The van der Waals surface area contributed by atoms with Crippen LogP contribution in [0.25, 0.3) is 0 Å². The molecule has 0 radical (unpaired) electrons. The lowest BCUT2D eigenvalue weighted by atomic mass is 9.98. The van der Waals surface area contributed by atoms with Gasteiger partial charge in [-0.15, -0.1) is 0 Å². The number of anilines is 2. The van der Waals surface area contributed by atoms with Crippen LogP contribution in [0.3, 0.4) is 0 Å². The summed E-state index contributed by atoms with van der Waals surface area (Å²) in [6, 6.07) is 0.485.